The van der Waals surface area contributed by atoms with E-state index in [0.29, 0.717) is 18.4 Å². The summed E-state index contributed by atoms with van der Waals surface area (Å²) in [6, 6.07) is 15.9. The Morgan fingerprint density at radius 3 is 2.37 bits per heavy atom. The fourth-order valence-corrected chi connectivity index (χ4v) is 4.87. The minimum atomic E-state index is -0.119. The van der Waals surface area contributed by atoms with Crippen LogP contribution in [0.25, 0.3) is 11.1 Å². The van der Waals surface area contributed by atoms with E-state index in [4.69, 9.17) is 0 Å². The van der Waals surface area contributed by atoms with Gasteiger partial charge in [0.05, 0.1) is 0 Å². The van der Waals surface area contributed by atoms with E-state index in [9.17, 15) is 4.79 Å². The van der Waals surface area contributed by atoms with E-state index in [0.717, 1.165) is 30.4 Å². The molecule has 3 nitrogen and oxygen atoms in total. The van der Waals surface area contributed by atoms with Gasteiger partial charge in [0.25, 0.3) is 0 Å². The van der Waals surface area contributed by atoms with Crippen LogP contribution in [0.4, 0.5) is 4.39 Å². The summed E-state index contributed by atoms with van der Waals surface area (Å²) < 4.78 is 15.3. The molecule has 1 amide bonds. The van der Waals surface area contributed by atoms with Crippen LogP contribution in [-0.2, 0) is 11.2 Å². The lowest BCUT2D eigenvalue weighted by atomic mass is 9.80. The van der Waals surface area contributed by atoms with Crippen molar-refractivity contribution in [2.75, 3.05) is 7.05 Å². The van der Waals surface area contributed by atoms with Gasteiger partial charge in [0.1, 0.15) is 5.82 Å². The molecule has 2 aromatic rings. The van der Waals surface area contributed by atoms with E-state index in [2.05, 4.69) is 17.6 Å². The second-order valence-corrected chi connectivity index (χ2v) is 9.18. The Bertz CT molecular complexity index is 845. The van der Waals surface area contributed by atoms with E-state index in [-0.39, 0.29) is 35.1 Å². The highest BCUT2D eigenvalue weighted by atomic mass is 19.1. The van der Waals surface area contributed by atoms with E-state index < -0.39 is 0 Å². The Morgan fingerprint density at radius 2 is 1.77 bits per heavy atom. The minimum Gasteiger partial charge on any atom is -0.354 e. The van der Waals surface area contributed by atoms with Gasteiger partial charge in [-0.15, -0.1) is 0 Å². The van der Waals surface area contributed by atoms with Gasteiger partial charge in [0.2, 0.25) is 5.91 Å². The number of rotatable bonds is 10. The molecule has 1 aliphatic rings. The number of benzene rings is 2. The second-order valence-electron chi connectivity index (χ2n) is 9.18. The average Bonchev–Trinajstić information content (AvgIpc) is 3.49. The van der Waals surface area contributed by atoms with Crippen molar-refractivity contribution in [2.45, 2.75) is 65.0 Å². The Labute approximate surface area is 180 Å². The summed E-state index contributed by atoms with van der Waals surface area (Å²) in [5.74, 6) is 0.276. The lowest BCUT2D eigenvalue weighted by Crippen LogP contribution is -2.42. The molecule has 1 aliphatic carbocycles. The molecular formula is C26H35FN2O. The number of hydrogen-bond donors (Lipinski definition) is 2. The zero-order valence-corrected chi connectivity index (χ0v) is 18.7. The monoisotopic (exact) mass is 410 g/mol. The third-order valence-electron chi connectivity index (χ3n) is 6.44. The molecule has 30 heavy (non-hydrogen) atoms. The Hall–Kier alpha value is -2.20. The number of halogens is 1. The highest BCUT2D eigenvalue weighted by Gasteiger charge is 2.50. The third-order valence-corrected chi connectivity index (χ3v) is 6.44. The molecule has 4 heteroatoms. The first kappa shape index (κ1) is 22.5. The van der Waals surface area contributed by atoms with Gasteiger partial charge in [-0.3, -0.25) is 4.79 Å². The zero-order valence-electron chi connectivity index (χ0n) is 18.7. The summed E-state index contributed by atoms with van der Waals surface area (Å²) in [6.45, 7) is 6.17. The first-order valence-corrected chi connectivity index (χ1v) is 11.2. The number of nitrogens with one attached hydrogen (secondary N) is 2. The molecule has 0 bridgehead atoms. The molecule has 0 saturated heterocycles. The van der Waals surface area contributed by atoms with Crippen molar-refractivity contribution in [2.24, 2.45) is 11.3 Å². The quantitative estimate of drug-likeness (QED) is 0.555. The van der Waals surface area contributed by atoms with Gasteiger partial charge in [-0.25, -0.2) is 4.39 Å². The molecule has 0 unspecified atom stereocenters. The van der Waals surface area contributed by atoms with Crippen LogP contribution in [-0.4, -0.2) is 25.0 Å². The number of carbonyl (C=O) groups is 1. The molecule has 0 spiro atoms. The molecule has 2 aromatic carbocycles. The molecule has 2 atom stereocenters. The summed E-state index contributed by atoms with van der Waals surface area (Å²) in [4.78, 5) is 12.1. The van der Waals surface area contributed by atoms with Gasteiger partial charge in [0.15, 0.2) is 0 Å². The summed E-state index contributed by atoms with van der Waals surface area (Å²) in [5.41, 5.74) is 2.48. The Morgan fingerprint density at radius 1 is 1.07 bits per heavy atom. The highest BCUT2D eigenvalue weighted by molar-refractivity contribution is 5.76. The van der Waals surface area contributed by atoms with Crippen molar-refractivity contribution in [3.05, 3.63) is 59.9 Å². The minimum absolute atomic E-state index is 0.119. The van der Waals surface area contributed by atoms with Gasteiger partial charge in [0, 0.05) is 24.1 Å². The fourth-order valence-electron chi connectivity index (χ4n) is 4.87. The van der Waals surface area contributed by atoms with Crippen molar-refractivity contribution < 1.29 is 9.18 Å². The van der Waals surface area contributed by atoms with Crippen LogP contribution in [0.1, 0.15) is 52.0 Å². The third kappa shape index (κ3) is 5.28. The molecule has 0 aliphatic heterocycles. The number of carbonyl (C=O) groups excluding carboxylic acids is 1. The maximum Gasteiger partial charge on any atom is 0.220 e. The second kappa shape index (κ2) is 9.74. The predicted molar refractivity (Wildman–Crippen MR) is 122 cm³/mol. The smallest absolute Gasteiger partial charge is 0.220 e. The van der Waals surface area contributed by atoms with Crippen LogP contribution >= 0.6 is 0 Å². The van der Waals surface area contributed by atoms with E-state index in [1.54, 1.807) is 0 Å². The summed E-state index contributed by atoms with van der Waals surface area (Å²) in [6.07, 6.45) is 4.38. The lowest BCUT2D eigenvalue weighted by Gasteiger charge is -2.32. The molecule has 0 radical (unpaired) electrons. The summed E-state index contributed by atoms with van der Waals surface area (Å²) in [5, 5.41) is 6.49. The van der Waals surface area contributed by atoms with Gasteiger partial charge >= 0.3 is 0 Å². The molecule has 3 rings (SSSR count). The van der Waals surface area contributed by atoms with E-state index in [1.807, 2.05) is 69.4 Å². The molecule has 0 aromatic heterocycles. The maximum atomic E-state index is 15.3. The zero-order chi connectivity index (χ0) is 21.7. The SMILES string of the molecule is CN[C@H]([C@@H](C)Cc1cccc(-c2ccccc2)c1F)C1(CCC(=O)NC(C)C)CC1. The lowest BCUT2D eigenvalue weighted by molar-refractivity contribution is -0.122. The molecule has 2 N–H and O–H groups in total. The predicted octanol–water partition coefficient (Wildman–Crippen LogP) is 5.34. The molecule has 1 saturated carbocycles. The van der Waals surface area contributed by atoms with E-state index in [1.165, 1.54) is 0 Å². The molecule has 0 heterocycles. The van der Waals surface area contributed by atoms with Crippen molar-refractivity contribution in [1.82, 2.24) is 10.6 Å². The normalized spacial score (nSPS) is 16.9. The largest absolute Gasteiger partial charge is 0.354 e. The van der Waals surface area contributed by atoms with Crippen LogP contribution in [0.5, 0.6) is 0 Å². The first-order valence-electron chi connectivity index (χ1n) is 11.2. The van der Waals surface area contributed by atoms with Gasteiger partial charge in [-0.2, -0.15) is 0 Å². The van der Waals surface area contributed by atoms with Crippen molar-refractivity contribution in [1.29, 1.82) is 0 Å². The standard InChI is InChI=1S/C26H35FN2O/c1-18(2)29-23(30)13-14-26(15-16-26)25(28-4)19(3)17-21-11-8-12-22(24(21)27)20-9-6-5-7-10-20/h5-12,18-19,25,28H,13-17H2,1-4H3,(H,29,30)/t19-,25+/m0/s1. The number of amides is 1. The van der Waals surface area contributed by atoms with Crippen LogP contribution in [0, 0.1) is 17.2 Å². The van der Waals surface area contributed by atoms with Gasteiger partial charge in [-0.1, -0.05) is 55.5 Å². The number of hydrogen-bond acceptors (Lipinski definition) is 2. The highest BCUT2D eigenvalue weighted by Crippen LogP contribution is 2.54. The van der Waals surface area contributed by atoms with Crippen LogP contribution in [0.15, 0.2) is 48.5 Å². The fraction of sp³-hybridized carbons (Fsp3) is 0.500. The van der Waals surface area contributed by atoms with Gasteiger partial charge < -0.3 is 10.6 Å². The molecular weight excluding hydrogens is 375 g/mol. The summed E-state index contributed by atoms with van der Waals surface area (Å²) in [7, 11) is 1.99. The van der Waals surface area contributed by atoms with Crippen LogP contribution in [0.2, 0.25) is 0 Å². The van der Waals surface area contributed by atoms with E-state index >= 15 is 4.39 Å². The Kier molecular flexibility index (Phi) is 7.30. The van der Waals surface area contributed by atoms with Crippen molar-refractivity contribution in [3.8, 4) is 11.1 Å². The van der Waals surface area contributed by atoms with Crippen LogP contribution < -0.4 is 10.6 Å². The average molecular weight is 411 g/mol. The first-order chi connectivity index (χ1) is 14.4. The van der Waals surface area contributed by atoms with Crippen molar-refractivity contribution >= 4 is 5.91 Å². The Balaban J connectivity index is 1.70. The van der Waals surface area contributed by atoms with Crippen molar-refractivity contribution in [3.63, 3.8) is 0 Å². The van der Waals surface area contributed by atoms with Crippen LogP contribution in [0.3, 0.4) is 0 Å². The van der Waals surface area contributed by atoms with Gasteiger partial charge in [-0.05, 0) is 69.0 Å². The molecule has 162 valence electrons. The topological polar surface area (TPSA) is 41.1 Å². The summed E-state index contributed by atoms with van der Waals surface area (Å²) >= 11 is 0. The maximum absolute atomic E-state index is 15.3. The molecule has 1 fully saturated rings.